The summed E-state index contributed by atoms with van der Waals surface area (Å²) in [5, 5.41) is 2.37. The minimum Gasteiger partial charge on any atom is -0.444 e. The fraction of sp³-hybridized carbons (Fsp3) is 0.417. The first-order chi connectivity index (χ1) is 14.3. The molecule has 2 aliphatic rings. The predicted octanol–water partition coefficient (Wildman–Crippen LogP) is 6.45. The largest absolute Gasteiger partial charge is 0.444 e. The molecule has 1 amide bonds. The molecule has 3 atom stereocenters. The minimum atomic E-state index is -0.502. The van der Waals surface area contributed by atoms with Crippen LogP contribution in [-0.4, -0.2) is 32.6 Å². The van der Waals surface area contributed by atoms with Gasteiger partial charge < -0.3 is 9.72 Å². The standard InChI is InChI=1S/C24H26BrN3O2/c1-24(2,3)30-23(29)28-19-9-7-17(12-19)21(28)22-26-13-20(27-22)16-5-4-15-11-18(25)8-6-14(15)10-16/h4-6,8,10-11,13,17,19,21H,7,9,12H2,1-3H3,(H,26,27)/t17-,19+,21+/m1/s1. The van der Waals surface area contributed by atoms with Crippen LogP contribution in [0.2, 0.25) is 0 Å². The molecule has 156 valence electrons. The van der Waals surface area contributed by atoms with Crippen LogP contribution in [0.25, 0.3) is 22.0 Å². The maximum Gasteiger partial charge on any atom is 0.411 e. The highest BCUT2D eigenvalue weighted by Gasteiger charge is 2.51. The molecule has 1 N–H and O–H groups in total. The van der Waals surface area contributed by atoms with E-state index in [0.717, 1.165) is 40.8 Å². The number of fused-ring (bicyclic) bond motifs is 3. The number of aromatic amines is 1. The van der Waals surface area contributed by atoms with Crippen LogP contribution in [-0.2, 0) is 4.74 Å². The summed E-state index contributed by atoms with van der Waals surface area (Å²) in [6, 6.07) is 12.9. The summed E-state index contributed by atoms with van der Waals surface area (Å²) in [7, 11) is 0. The number of carbonyl (C=O) groups is 1. The average Bonchev–Trinajstić information content (AvgIpc) is 3.41. The number of amides is 1. The first-order valence-electron chi connectivity index (χ1n) is 10.5. The number of halogens is 1. The van der Waals surface area contributed by atoms with E-state index in [0.29, 0.717) is 5.92 Å². The smallest absolute Gasteiger partial charge is 0.411 e. The number of likely N-dealkylation sites (tertiary alicyclic amines) is 1. The molecule has 2 heterocycles. The molecule has 30 heavy (non-hydrogen) atoms. The number of H-pyrrole nitrogens is 1. The van der Waals surface area contributed by atoms with Crippen LogP contribution in [0.5, 0.6) is 0 Å². The van der Waals surface area contributed by atoms with Crippen molar-refractivity contribution < 1.29 is 9.53 Å². The molecule has 1 aliphatic carbocycles. The van der Waals surface area contributed by atoms with E-state index < -0.39 is 5.60 Å². The van der Waals surface area contributed by atoms with Gasteiger partial charge in [-0.05, 0) is 74.9 Å². The Morgan fingerprint density at radius 2 is 1.93 bits per heavy atom. The third-order valence-electron chi connectivity index (χ3n) is 6.18. The molecule has 1 aliphatic heterocycles. The van der Waals surface area contributed by atoms with Crippen molar-refractivity contribution in [3.8, 4) is 11.3 Å². The minimum absolute atomic E-state index is 0.0382. The number of imidazole rings is 1. The highest BCUT2D eigenvalue weighted by molar-refractivity contribution is 9.10. The summed E-state index contributed by atoms with van der Waals surface area (Å²) >= 11 is 3.53. The number of aromatic nitrogens is 2. The van der Waals surface area contributed by atoms with Crippen LogP contribution < -0.4 is 0 Å². The summed E-state index contributed by atoms with van der Waals surface area (Å²) in [5.41, 5.74) is 1.56. The van der Waals surface area contributed by atoms with Crippen molar-refractivity contribution in [3.05, 3.63) is 52.9 Å². The number of benzene rings is 2. The Bertz CT molecular complexity index is 1120. The van der Waals surface area contributed by atoms with Crippen molar-refractivity contribution in [3.63, 3.8) is 0 Å². The molecule has 3 aromatic rings. The molecule has 0 radical (unpaired) electrons. The van der Waals surface area contributed by atoms with Gasteiger partial charge in [0, 0.05) is 16.1 Å². The lowest BCUT2D eigenvalue weighted by molar-refractivity contribution is 0.00620. The van der Waals surface area contributed by atoms with Crippen molar-refractivity contribution in [2.24, 2.45) is 5.92 Å². The van der Waals surface area contributed by atoms with Gasteiger partial charge in [-0.3, -0.25) is 4.90 Å². The zero-order chi connectivity index (χ0) is 21.0. The van der Waals surface area contributed by atoms with E-state index in [4.69, 9.17) is 9.72 Å². The predicted molar refractivity (Wildman–Crippen MR) is 121 cm³/mol. The molecular weight excluding hydrogens is 442 g/mol. The van der Waals surface area contributed by atoms with E-state index in [-0.39, 0.29) is 18.2 Å². The van der Waals surface area contributed by atoms with Crippen molar-refractivity contribution in [1.29, 1.82) is 0 Å². The SMILES string of the molecule is CC(C)(C)OC(=O)N1[C@H]2CC[C@H](C2)[C@H]1c1ncc(-c2ccc3cc(Br)ccc3c2)[nH]1. The number of hydrogen-bond acceptors (Lipinski definition) is 3. The van der Waals surface area contributed by atoms with Crippen molar-refractivity contribution >= 4 is 32.8 Å². The third-order valence-corrected chi connectivity index (χ3v) is 6.67. The lowest BCUT2D eigenvalue weighted by atomic mass is 9.98. The highest BCUT2D eigenvalue weighted by atomic mass is 79.9. The quantitative estimate of drug-likeness (QED) is 0.470. The number of piperidine rings is 1. The Balaban J connectivity index is 1.45. The van der Waals surface area contributed by atoms with E-state index in [9.17, 15) is 4.79 Å². The molecular formula is C24H26BrN3O2. The van der Waals surface area contributed by atoms with Gasteiger partial charge in [0.1, 0.15) is 11.4 Å². The first-order valence-corrected chi connectivity index (χ1v) is 11.3. The average molecular weight is 468 g/mol. The zero-order valence-corrected chi connectivity index (χ0v) is 19.1. The number of carbonyl (C=O) groups excluding carboxylic acids is 1. The molecule has 5 nitrogen and oxygen atoms in total. The van der Waals surface area contributed by atoms with Crippen LogP contribution in [0.3, 0.4) is 0 Å². The van der Waals surface area contributed by atoms with Crippen molar-refractivity contribution in [2.45, 2.75) is 57.7 Å². The van der Waals surface area contributed by atoms with E-state index >= 15 is 0 Å². The summed E-state index contributed by atoms with van der Waals surface area (Å²) in [4.78, 5) is 23.1. The molecule has 6 heteroatoms. The summed E-state index contributed by atoms with van der Waals surface area (Å²) in [6.07, 6.45) is 4.87. The Morgan fingerprint density at radius 1 is 1.17 bits per heavy atom. The molecule has 2 fully saturated rings. The number of rotatable bonds is 2. The van der Waals surface area contributed by atoms with Gasteiger partial charge in [-0.1, -0.05) is 34.1 Å². The van der Waals surface area contributed by atoms with E-state index in [1.165, 1.54) is 10.8 Å². The highest BCUT2D eigenvalue weighted by Crippen LogP contribution is 2.50. The second-order valence-corrected chi connectivity index (χ2v) is 10.4. The van der Waals surface area contributed by atoms with E-state index in [1.54, 1.807) is 0 Å². The fourth-order valence-electron chi connectivity index (χ4n) is 4.94. The molecule has 1 saturated carbocycles. The molecule has 1 aromatic heterocycles. The van der Waals surface area contributed by atoms with Gasteiger partial charge >= 0.3 is 6.09 Å². The normalized spacial score (nSPS) is 23.3. The van der Waals surface area contributed by atoms with Crippen molar-refractivity contribution in [2.75, 3.05) is 0 Å². The maximum absolute atomic E-state index is 12.9. The monoisotopic (exact) mass is 467 g/mol. The lowest BCUT2D eigenvalue weighted by Gasteiger charge is -2.35. The summed E-state index contributed by atoms with van der Waals surface area (Å²) in [5.74, 6) is 1.30. The fourth-order valence-corrected chi connectivity index (χ4v) is 5.31. The second-order valence-electron chi connectivity index (χ2n) is 9.45. The number of hydrogen-bond donors (Lipinski definition) is 1. The molecule has 0 unspecified atom stereocenters. The molecule has 2 bridgehead atoms. The van der Waals surface area contributed by atoms with Gasteiger partial charge in [0.25, 0.3) is 0 Å². The van der Waals surface area contributed by atoms with Gasteiger partial charge in [0.05, 0.1) is 17.9 Å². The van der Waals surface area contributed by atoms with Gasteiger partial charge in [-0.15, -0.1) is 0 Å². The van der Waals surface area contributed by atoms with E-state index in [1.807, 2.05) is 31.9 Å². The number of ether oxygens (including phenoxy) is 1. The number of nitrogens with zero attached hydrogens (tertiary/aromatic N) is 2. The summed E-state index contributed by atoms with van der Waals surface area (Å²) in [6.45, 7) is 5.74. The number of nitrogens with one attached hydrogen (secondary N) is 1. The van der Waals surface area contributed by atoms with Crippen LogP contribution in [0, 0.1) is 5.92 Å². The van der Waals surface area contributed by atoms with Gasteiger partial charge in [-0.25, -0.2) is 9.78 Å². The van der Waals surface area contributed by atoms with Crippen LogP contribution in [0.4, 0.5) is 4.79 Å². The second kappa shape index (κ2) is 7.12. The molecule has 5 rings (SSSR count). The van der Waals surface area contributed by atoms with Crippen LogP contribution in [0.1, 0.15) is 51.9 Å². The van der Waals surface area contributed by atoms with Crippen LogP contribution in [0.15, 0.2) is 47.1 Å². The van der Waals surface area contributed by atoms with Crippen molar-refractivity contribution in [1.82, 2.24) is 14.9 Å². The topological polar surface area (TPSA) is 58.2 Å². The van der Waals surface area contributed by atoms with Gasteiger partial charge in [0.2, 0.25) is 0 Å². The molecule has 2 aromatic carbocycles. The third kappa shape index (κ3) is 3.51. The summed E-state index contributed by atoms with van der Waals surface area (Å²) < 4.78 is 6.79. The Morgan fingerprint density at radius 3 is 2.73 bits per heavy atom. The van der Waals surface area contributed by atoms with Crippen LogP contribution >= 0.6 is 15.9 Å². The Hall–Kier alpha value is -2.34. The van der Waals surface area contributed by atoms with Gasteiger partial charge in [-0.2, -0.15) is 0 Å². The molecule has 1 saturated heterocycles. The Labute approximate surface area is 185 Å². The zero-order valence-electron chi connectivity index (χ0n) is 17.5. The van der Waals surface area contributed by atoms with Gasteiger partial charge in [0.15, 0.2) is 0 Å². The maximum atomic E-state index is 12.9. The first kappa shape index (κ1) is 19.6. The Kier molecular flexibility index (Phi) is 4.65. The van der Waals surface area contributed by atoms with E-state index in [2.05, 4.69) is 57.3 Å². The lowest BCUT2D eigenvalue weighted by Crippen LogP contribution is -2.43. The molecule has 0 spiro atoms.